The molecular weight excluding hydrogens is 1120 g/mol. The first-order chi connectivity index (χ1) is 34.5. The second kappa shape index (κ2) is 23.3. The average molecular weight is 1180 g/mol. The lowest BCUT2D eigenvalue weighted by molar-refractivity contribution is -0.287. The fourth-order valence-corrected chi connectivity index (χ4v) is 10.2. The molecule has 1 amide bonds. The summed E-state index contributed by atoms with van der Waals surface area (Å²) in [6, 6.07) is 13.3. The van der Waals surface area contributed by atoms with Crippen molar-refractivity contribution in [2.45, 2.75) is 135 Å². The Kier molecular flexibility index (Phi) is 19.1. The summed E-state index contributed by atoms with van der Waals surface area (Å²) in [7, 11) is 0. The molecule has 414 valence electrons. The minimum absolute atomic E-state index is 0.130. The number of fused-ring (bicyclic) bond motifs is 3. The van der Waals surface area contributed by atoms with Gasteiger partial charge in [0.1, 0.15) is 54.9 Å². The number of hydrogen-bond acceptors (Lipinski definition) is 19. The molecule has 5 N–H and O–H groups in total. The minimum atomic E-state index is -3.02. The number of carbonyl (C=O) groups is 7. The van der Waals surface area contributed by atoms with Crippen molar-refractivity contribution < 1.29 is 91.9 Å². The quantitative estimate of drug-likeness (QED) is 0.0570. The van der Waals surface area contributed by atoms with Gasteiger partial charge in [0.25, 0.3) is 0 Å². The van der Waals surface area contributed by atoms with Crippen molar-refractivity contribution in [1.29, 1.82) is 0 Å². The van der Waals surface area contributed by atoms with E-state index in [9.17, 15) is 49.2 Å². The lowest BCUT2D eigenvalue weighted by atomic mass is 9.45. The summed E-state index contributed by atoms with van der Waals surface area (Å²) in [5, 5.41) is 53.5. The molecule has 20 nitrogen and oxygen atoms in total. The number of aliphatic hydroxyl groups excluding tert-OH is 2. The fourth-order valence-electron chi connectivity index (χ4n) is 9.84. The molecule has 2 aromatic rings. The van der Waals surface area contributed by atoms with E-state index in [0.29, 0.717) is 0 Å². The van der Waals surface area contributed by atoms with Crippen LogP contribution in [0.2, 0.25) is 0 Å². The number of hydrogen-bond donors (Lipinski definition) is 5. The first-order valence-corrected chi connectivity index (χ1v) is 25.2. The van der Waals surface area contributed by atoms with Gasteiger partial charge < -0.3 is 63.6 Å². The first kappa shape index (κ1) is 61.5. The molecule has 0 aliphatic heterocycles. The molecule has 0 saturated heterocycles. The van der Waals surface area contributed by atoms with Crippen LogP contribution in [0.1, 0.15) is 90.2 Å². The molecule has 3 aliphatic carbocycles. The van der Waals surface area contributed by atoms with E-state index in [1.54, 1.807) is 45.0 Å². The number of alkyl halides is 6. The van der Waals surface area contributed by atoms with Crippen molar-refractivity contribution in [3.8, 4) is 0 Å². The Morgan fingerprint density at radius 1 is 0.787 bits per heavy atom. The molecule has 2 saturated carbocycles. The van der Waals surface area contributed by atoms with Gasteiger partial charge in [0, 0.05) is 31.1 Å². The molecule has 0 spiro atoms. The molecule has 2 aromatic carbocycles. The van der Waals surface area contributed by atoms with Crippen molar-refractivity contribution in [2.75, 3.05) is 19.8 Å². The third-order valence-electron chi connectivity index (χ3n) is 13.4. The number of carbonyl (C=O) groups excluding carboxylic acids is 7. The van der Waals surface area contributed by atoms with E-state index < -0.39 is 159 Å². The SMILES string of the molecule is CC(=O)OC[C@@]1(O)C2[C@H](OC(=O)c3ccccc3)[C@]3(O)C[C@H](OC(=O)C(O)[C@@H](NC(=O)OC(C)(C)C)c4ccccc4)C(C)=C([C@@H](OC(=O)OCC(Cl)(Cl)Cl)C(=O)[C@]2(C)[C@@H](OC(=O)OCC(Cl)(Cl)Cl)C[C@H]1O)C3(C)C. The van der Waals surface area contributed by atoms with E-state index in [1.807, 2.05) is 0 Å². The van der Waals surface area contributed by atoms with Gasteiger partial charge >= 0.3 is 36.3 Å². The van der Waals surface area contributed by atoms with Gasteiger partial charge in [0.2, 0.25) is 7.59 Å². The van der Waals surface area contributed by atoms with Crippen LogP contribution in [0.5, 0.6) is 0 Å². The normalized spacial score (nSPS) is 28.4. The van der Waals surface area contributed by atoms with Gasteiger partial charge in [-0.05, 0) is 63.5 Å². The number of aliphatic hydroxyl groups is 4. The van der Waals surface area contributed by atoms with Crippen molar-refractivity contribution in [3.63, 3.8) is 0 Å². The van der Waals surface area contributed by atoms with Gasteiger partial charge in [-0.3, -0.25) is 9.59 Å². The standard InChI is InChI=1S/C49H57Cl6NO19/c1-24-28(71-39(62)33(59)32(26-15-11-9-12-16-26)56-40(63)75-43(3,4)5)20-47(67)37(74-38(61)27-17-13-10-14-18-27)35-45(8,36(60)34(31(24)44(47,6)7)73-42(65)70-23-49(53,54)55)30(72-41(64)69-22-48(50,51)52)19-29(58)46(35,66)21-68-25(2)57/h9-18,28-30,32-35,37,58-59,66-67H,19-23H2,1-8H3,(H,56,63)/t28-,29+,30-,32-,33?,34+,35?,37-,45+,46-,47+/m0/s1. The number of halogens is 6. The highest BCUT2D eigenvalue weighted by atomic mass is 35.6. The smallest absolute Gasteiger partial charge is 0.463 e. The third-order valence-corrected chi connectivity index (χ3v) is 14.0. The number of esters is 3. The van der Waals surface area contributed by atoms with Crippen LogP contribution in [-0.4, -0.2) is 143 Å². The second-order valence-corrected chi connectivity index (χ2v) is 25.0. The Morgan fingerprint density at radius 3 is 1.84 bits per heavy atom. The Balaban J connectivity index is 1.83. The molecule has 5 rings (SSSR count). The van der Waals surface area contributed by atoms with Gasteiger partial charge in [-0.1, -0.05) is 132 Å². The Labute approximate surface area is 461 Å². The zero-order chi connectivity index (χ0) is 56.4. The monoisotopic (exact) mass is 1170 g/mol. The number of rotatable bonds is 13. The number of amides is 1. The molecule has 0 aromatic heterocycles. The maximum Gasteiger partial charge on any atom is 0.509 e. The summed E-state index contributed by atoms with van der Waals surface area (Å²) >= 11 is 35.2. The summed E-state index contributed by atoms with van der Waals surface area (Å²) in [5.41, 5.74) is -12.2. The van der Waals surface area contributed by atoms with Gasteiger partial charge in [0.15, 0.2) is 18.0 Å². The highest BCUT2D eigenvalue weighted by Crippen LogP contribution is 2.62. The highest BCUT2D eigenvalue weighted by Gasteiger charge is 2.76. The molecule has 0 heterocycles. The number of Topliss-reactive ketones (excluding diaryl/α,β-unsaturated/α-hetero) is 1. The molecule has 75 heavy (non-hydrogen) atoms. The molecule has 11 atom stereocenters. The van der Waals surface area contributed by atoms with E-state index in [4.69, 9.17) is 108 Å². The fraction of sp³-hybridized carbons (Fsp3) is 0.571. The van der Waals surface area contributed by atoms with E-state index >= 15 is 4.79 Å². The highest BCUT2D eigenvalue weighted by molar-refractivity contribution is 6.68. The molecular formula is C49H57Cl6NO19. The van der Waals surface area contributed by atoms with Crippen LogP contribution in [0, 0.1) is 16.7 Å². The second-order valence-electron chi connectivity index (χ2n) is 20.0. The van der Waals surface area contributed by atoms with Crippen LogP contribution in [-0.2, 0) is 52.3 Å². The topological polar surface area (TPSA) is 286 Å². The van der Waals surface area contributed by atoms with Gasteiger partial charge in [-0.15, -0.1) is 0 Å². The average Bonchev–Trinajstić information content (AvgIpc) is 3.30. The van der Waals surface area contributed by atoms with E-state index in [1.165, 1.54) is 57.2 Å². The van der Waals surface area contributed by atoms with Crippen molar-refractivity contribution in [2.24, 2.45) is 16.7 Å². The van der Waals surface area contributed by atoms with Crippen LogP contribution in [0.25, 0.3) is 0 Å². The summed E-state index contributed by atoms with van der Waals surface area (Å²) < 4.78 is 40.3. The van der Waals surface area contributed by atoms with Gasteiger partial charge in [-0.2, -0.15) is 0 Å². The van der Waals surface area contributed by atoms with Crippen LogP contribution >= 0.6 is 69.6 Å². The van der Waals surface area contributed by atoms with Crippen molar-refractivity contribution in [3.05, 3.63) is 82.9 Å². The summed E-state index contributed by atoms with van der Waals surface area (Å²) in [4.78, 5) is 98.4. The van der Waals surface area contributed by atoms with Crippen LogP contribution in [0.4, 0.5) is 14.4 Å². The predicted octanol–water partition coefficient (Wildman–Crippen LogP) is 7.28. The summed E-state index contributed by atoms with van der Waals surface area (Å²) in [6.07, 6.45) is -19.3. The Morgan fingerprint density at radius 2 is 1.32 bits per heavy atom. The minimum Gasteiger partial charge on any atom is -0.463 e. The molecule has 2 fully saturated rings. The van der Waals surface area contributed by atoms with E-state index in [0.717, 1.165) is 13.8 Å². The predicted molar refractivity (Wildman–Crippen MR) is 268 cm³/mol. The van der Waals surface area contributed by atoms with Gasteiger partial charge in [-0.25, -0.2) is 24.0 Å². The Hall–Kier alpha value is -4.35. The Bertz CT molecular complexity index is 2500. The first-order valence-electron chi connectivity index (χ1n) is 23.0. The summed E-state index contributed by atoms with van der Waals surface area (Å²) in [6.45, 7) is 7.63. The van der Waals surface area contributed by atoms with Crippen LogP contribution in [0.3, 0.4) is 0 Å². The molecule has 0 radical (unpaired) electrons. The number of alkyl carbamates (subject to hydrolysis) is 1. The van der Waals surface area contributed by atoms with Crippen LogP contribution in [0.15, 0.2) is 71.8 Å². The van der Waals surface area contributed by atoms with Crippen molar-refractivity contribution >= 4 is 112 Å². The zero-order valence-corrected chi connectivity index (χ0v) is 46.1. The number of ether oxygens (including phenoxy) is 8. The molecule has 2 unspecified atom stereocenters. The maximum absolute atomic E-state index is 16.2. The lowest BCUT2D eigenvalue weighted by Crippen LogP contribution is -2.78. The largest absolute Gasteiger partial charge is 0.509 e. The molecule has 3 aliphatic rings. The van der Waals surface area contributed by atoms with Crippen molar-refractivity contribution in [1.82, 2.24) is 5.32 Å². The number of nitrogens with one attached hydrogen (secondary N) is 1. The van der Waals surface area contributed by atoms with Gasteiger partial charge in [0.05, 0.1) is 23.1 Å². The molecule has 26 heteroatoms. The van der Waals surface area contributed by atoms with Crippen LogP contribution < -0.4 is 5.32 Å². The summed E-state index contributed by atoms with van der Waals surface area (Å²) in [5.74, 6) is -7.37. The third kappa shape index (κ3) is 14.0. The zero-order valence-electron chi connectivity index (χ0n) is 41.6. The number of benzene rings is 2. The maximum atomic E-state index is 16.2. The lowest BCUT2D eigenvalue weighted by Gasteiger charge is -2.64. The van der Waals surface area contributed by atoms with E-state index in [-0.39, 0.29) is 22.3 Å². The van der Waals surface area contributed by atoms with E-state index in [2.05, 4.69) is 5.32 Å². The number of ketones is 1. The molecule has 2 bridgehead atoms.